The fraction of sp³-hybridized carbons (Fsp3) is 0.280. The molecule has 1 aliphatic rings. The number of hydrogen-bond acceptors (Lipinski definition) is 3. The van der Waals surface area contributed by atoms with Crippen LogP contribution in [0.2, 0.25) is 0 Å². The Bertz CT molecular complexity index is 1070. The van der Waals surface area contributed by atoms with Crippen molar-refractivity contribution in [1.29, 1.82) is 0 Å². The third-order valence-corrected chi connectivity index (χ3v) is 5.46. The molecule has 0 bridgehead atoms. The molecule has 2 N–H and O–H groups in total. The lowest BCUT2D eigenvalue weighted by Gasteiger charge is -2.20. The molecular weight excluding hydrogens is 376 g/mol. The monoisotopic (exact) mass is 402 g/mol. The first-order valence-electron chi connectivity index (χ1n) is 10.4. The van der Waals surface area contributed by atoms with Crippen molar-refractivity contribution in [2.75, 3.05) is 11.9 Å². The number of nitrogens with one attached hydrogen (secondary N) is 2. The van der Waals surface area contributed by atoms with Gasteiger partial charge in [0.2, 0.25) is 11.8 Å². The zero-order valence-corrected chi connectivity index (χ0v) is 17.1. The molecular formula is C25H26N2O3. The Morgan fingerprint density at radius 1 is 1.10 bits per heavy atom. The van der Waals surface area contributed by atoms with E-state index in [1.54, 1.807) is 0 Å². The van der Waals surface area contributed by atoms with Gasteiger partial charge in [-0.1, -0.05) is 48.5 Å². The third-order valence-electron chi connectivity index (χ3n) is 5.46. The summed E-state index contributed by atoms with van der Waals surface area (Å²) in [5.74, 6) is 0.917. The van der Waals surface area contributed by atoms with Crippen LogP contribution >= 0.6 is 0 Å². The highest BCUT2D eigenvalue weighted by molar-refractivity contribution is 5.94. The lowest BCUT2D eigenvalue weighted by molar-refractivity contribution is -0.122. The maximum Gasteiger partial charge on any atom is 0.224 e. The number of fused-ring (bicyclic) bond motifs is 2. The average Bonchev–Trinajstić information content (AvgIpc) is 2.76. The SMILES string of the molecule is CC(NC(=O)CCCOc1cccc2ccccc12)c1ccc2c(c1)CCC(=O)N2. The second-order valence-corrected chi connectivity index (χ2v) is 7.68. The van der Waals surface area contributed by atoms with E-state index in [1.807, 2.05) is 49.4 Å². The van der Waals surface area contributed by atoms with Crippen LogP contribution in [0.15, 0.2) is 60.7 Å². The van der Waals surface area contributed by atoms with Crippen molar-refractivity contribution in [2.24, 2.45) is 0 Å². The molecule has 4 rings (SSSR count). The number of anilines is 1. The first-order valence-corrected chi connectivity index (χ1v) is 10.4. The van der Waals surface area contributed by atoms with E-state index in [0.717, 1.165) is 39.8 Å². The molecule has 0 radical (unpaired) electrons. The number of aryl methyl sites for hydroxylation is 1. The van der Waals surface area contributed by atoms with Crippen LogP contribution in [0.5, 0.6) is 5.75 Å². The van der Waals surface area contributed by atoms with E-state index in [9.17, 15) is 9.59 Å². The lowest BCUT2D eigenvalue weighted by atomic mass is 9.97. The molecule has 3 aromatic carbocycles. The molecule has 0 saturated heterocycles. The molecule has 30 heavy (non-hydrogen) atoms. The number of carbonyl (C=O) groups excluding carboxylic acids is 2. The maximum atomic E-state index is 12.4. The van der Waals surface area contributed by atoms with E-state index in [0.29, 0.717) is 25.9 Å². The molecule has 1 heterocycles. The van der Waals surface area contributed by atoms with Crippen LogP contribution in [0.3, 0.4) is 0 Å². The molecule has 3 aromatic rings. The Kier molecular flexibility index (Phi) is 5.98. The minimum absolute atomic E-state index is 0.00930. The van der Waals surface area contributed by atoms with E-state index in [1.165, 1.54) is 0 Å². The predicted molar refractivity (Wildman–Crippen MR) is 119 cm³/mol. The molecule has 0 fully saturated rings. The zero-order chi connectivity index (χ0) is 20.9. The summed E-state index contributed by atoms with van der Waals surface area (Å²) in [6.07, 6.45) is 2.31. The molecule has 5 heteroatoms. The largest absolute Gasteiger partial charge is 0.493 e. The van der Waals surface area contributed by atoms with Gasteiger partial charge in [-0.15, -0.1) is 0 Å². The molecule has 1 aliphatic heterocycles. The number of carbonyl (C=O) groups is 2. The molecule has 154 valence electrons. The fourth-order valence-corrected chi connectivity index (χ4v) is 3.81. The minimum atomic E-state index is -0.0839. The van der Waals surface area contributed by atoms with E-state index in [4.69, 9.17) is 4.74 Å². The van der Waals surface area contributed by atoms with Crippen LogP contribution in [0.1, 0.15) is 43.4 Å². The van der Waals surface area contributed by atoms with Gasteiger partial charge in [-0.2, -0.15) is 0 Å². The van der Waals surface area contributed by atoms with Gasteiger partial charge >= 0.3 is 0 Å². The quantitative estimate of drug-likeness (QED) is 0.560. The Hall–Kier alpha value is -3.34. The minimum Gasteiger partial charge on any atom is -0.493 e. The van der Waals surface area contributed by atoms with Gasteiger partial charge in [0.05, 0.1) is 12.6 Å². The fourth-order valence-electron chi connectivity index (χ4n) is 3.81. The summed E-state index contributed by atoms with van der Waals surface area (Å²) in [6, 6.07) is 20.0. The number of ether oxygens (including phenoxy) is 1. The van der Waals surface area contributed by atoms with Crippen LogP contribution in [0, 0.1) is 0 Å². The summed E-state index contributed by atoms with van der Waals surface area (Å²) in [4.78, 5) is 23.9. The average molecular weight is 402 g/mol. The summed E-state index contributed by atoms with van der Waals surface area (Å²) in [5.41, 5.74) is 3.04. The summed E-state index contributed by atoms with van der Waals surface area (Å²) >= 11 is 0. The summed E-state index contributed by atoms with van der Waals surface area (Å²) in [5, 5.41) is 8.17. The van der Waals surface area contributed by atoms with Gasteiger partial charge in [-0.3, -0.25) is 9.59 Å². The van der Waals surface area contributed by atoms with E-state index < -0.39 is 0 Å². The lowest BCUT2D eigenvalue weighted by Crippen LogP contribution is -2.27. The van der Waals surface area contributed by atoms with Crippen LogP contribution in [-0.4, -0.2) is 18.4 Å². The van der Waals surface area contributed by atoms with Crippen LogP contribution < -0.4 is 15.4 Å². The van der Waals surface area contributed by atoms with Crippen molar-refractivity contribution in [3.8, 4) is 5.75 Å². The van der Waals surface area contributed by atoms with Crippen LogP contribution in [0.4, 0.5) is 5.69 Å². The molecule has 0 aromatic heterocycles. The van der Waals surface area contributed by atoms with Crippen LogP contribution in [0.25, 0.3) is 10.8 Å². The van der Waals surface area contributed by atoms with Crippen molar-refractivity contribution < 1.29 is 14.3 Å². The van der Waals surface area contributed by atoms with Gasteiger partial charge in [0.25, 0.3) is 0 Å². The number of hydrogen-bond donors (Lipinski definition) is 2. The Morgan fingerprint density at radius 2 is 1.93 bits per heavy atom. The summed E-state index contributed by atoms with van der Waals surface area (Å²) in [6.45, 7) is 2.47. The first-order chi connectivity index (χ1) is 14.6. The normalized spacial score (nSPS) is 14.0. The van der Waals surface area contributed by atoms with E-state index in [2.05, 4.69) is 28.8 Å². The molecule has 1 unspecified atom stereocenters. The molecule has 1 atom stereocenters. The highest BCUT2D eigenvalue weighted by atomic mass is 16.5. The highest BCUT2D eigenvalue weighted by Crippen LogP contribution is 2.27. The predicted octanol–water partition coefficient (Wildman–Crippen LogP) is 4.76. The third kappa shape index (κ3) is 4.62. The molecule has 2 amide bonds. The second-order valence-electron chi connectivity index (χ2n) is 7.68. The van der Waals surface area contributed by atoms with Crippen molar-refractivity contribution in [1.82, 2.24) is 5.32 Å². The smallest absolute Gasteiger partial charge is 0.224 e. The number of rotatable bonds is 7. The molecule has 5 nitrogen and oxygen atoms in total. The van der Waals surface area contributed by atoms with Crippen molar-refractivity contribution in [3.63, 3.8) is 0 Å². The second kappa shape index (κ2) is 8.99. The Balaban J connectivity index is 1.26. The van der Waals surface area contributed by atoms with Gasteiger partial charge in [-0.25, -0.2) is 0 Å². The summed E-state index contributed by atoms with van der Waals surface area (Å²) < 4.78 is 5.92. The van der Waals surface area contributed by atoms with Gasteiger partial charge < -0.3 is 15.4 Å². The highest BCUT2D eigenvalue weighted by Gasteiger charge is 2.17. The van der Waals surface area contributed by atoms with E-state index >= 15 is 0 Å². The first kappa shape index (κ1) is 20.0. The maximum absolute atomic E-state index is 12.4. The topological polar surface area (TPSA) is 67.4 Å². The van der Waals surface area contributed by atoms with Gasteiger partial charge in [0.15, 0.2) is 0 Å². The molecule has 0 aliphatic carbocycles. The molecule has 0 saturated carbocycles. The van der Waals surface area contributed by atoms with Crippen molar-refractivity contribution in [3.05, 3.63) is 71.8 Å². The van der Waals surface area contributed by atoms with Gasteiger partial charge in [0.1, 0.15) is 5.75 Å². The van der Waals surface area contributed by atoms with Crippen molar-refractivity contribution >= 4 is 28.3 Å². The Labute approximate surface area is 176 Å². The standard InChI is InChI=1S/C25H26N2O3/c1-17(19-11-13-22-20(16-19)12-14-25(29)27-22)26-24(28)10-5-15-30-23-9-4-7-18-6-2-3-8-21(18)23/h2-4,6-9,11,13,16-17H,5,10,12,14-15H2,1H3,(H,26,28)(H,27,29). The summed E-state index contributed by atoms with van der Waals surface area (Å²) in [7, 11) is 0. The number of benzene rings is 3. The van der Waals surface area contributed by atoms with E-state index in [-0.39, 0.29) is 17.9 Å². The molecule has 0 spiro atoms. The van der Waals surface area contributed by atoms with Gasteiger partial charge in [0, 0.05) is 23.9 Å². The zero-order valence-electron chi connectivity index (χ0n) is 17.1. The Morgan fingerprint density at radius 3 is 2.83 bits per heavy atom. The van der Waals surface area contributed by atoms with Crippen LogP contribution in [-0.2, 0) is 16.0 Å². The number of amides is 2. The van der Waals surface area contributed by atoms with Crippen molar-refractivity contribution in [2.45, 2.75) is 38.6 Å². The van der Waals surface area contributed by atoms with Gasteiger partial charge in [-0.05, 0) is 48.4 Å².